The normalized spacial score (nSPS) is 26.1. The van der Waals surface area contributed by atoms with Crippen LogP contribution < -0.4 is 15.5 Å². The molecule has 2 heterocycles. The fraction of sp³-hybridized carbons (Fsp3) is 0.667. The van der Waals surface area contributed by atoms with E-state index < -0.39 is 0 Å². The van der Waals surface area contributed by atoms with Crippen molar-refractivity contribution < 1.29 is 4.79 Å². The summed E-state index contributed by atoms with van der Waals surface area (Å²) in [5.41, 5.74) is 1.68. The monoisotopic (exact) mass is 314 g/mol. The number of aromatic nitrogens is 1. The third-order valence-electron chi connectivity index (χ3n) is 5.74. The molecule has 0 bridgehead atoms. The molecule has 3 fully saturated rings. The van der Waals surface area contributed by atoms with Crippen LogP contribution in [-0.4, -0.2) is 37.1 Å². The molecule has 5 nitrogen and oxygen atoms in total. The van der Waals surface area contributed by atoms with E-state index >= 15 is 0 Å². The molecule has 0 aromatic carbocycles. The Hall–Kier alpha value is -1.62. The van der Waals surface area contributed by atoms with Crippen molar-refractivity contribution in [2.24, 2.45) is 11.3 Å². The highest BCUT2D eigenvalue weighted by Crippen LogP contribution is 2.57. The Balaban J connectivity index is 1.40. The average Bonchev–Trinajstić information content (AvgIpc) is 3.34. The first-order chi connectivity index (χ1) is 11.2. The molecule has 1 aliphatic heterocycles. The number of piperazine rings is 1. The van der Waals surface area contributed by atoms with E-state index in [1.807, 2.05) is 12.1 Å². The lowest BCUT2D eigenvalue weighted by molar-refractivity contribution is -0.121. The van der Waals surface area contributed by atoms with E-state index in [1.54, 1.807) is 6.20 Å². The molecule has 3 aliphatic rings. The van der Waals surface area contributed by atoms with Gasteiger partial charge in [0.05, 0.1) is 0 Å². The van der Waals surface area contributed by atoms with Gasteiger partial charge in [-0.25, -0.2) is 4.98 Å². The molecule has 5 heteroatoms. The largest absolute Gasteiger partial charge is 0.369 e. The highest BCUT2D eigenvalue weighted by Gasteiger charge is 2.47. The van der Waals surface area contributed by atoms with Crippen LogP contribution >= 0.6 is 0 Å². The maximum absolute atomic E-state index is 12.6. The Kier molecular flexibility index (Phi) is 3.97. The molecule has 2 N–H and O–H groups in total. The van der Waals surface area contributed by atoms with Crippen LogP contribution in [0.2, 0.25) is 0 Å². The molecule has 2 saturated carbocycles. The highest BCUT2D eigenvalue weighted by molar-refractivity contribution is 5.92. The van der Waals surface area contributed by atoms with Crippen LogP contribution in [-0.2, 0) is 4.79 Å². The Morgan fingerprint density at radius 1 is 1.30 bits per heavy atom. The first-order valence-corrected chi connectivity index (χ1v) is 8.97. The summed E-state index contributed by atoms with van der Waals surface area (Å²) in [6, 6.07) is 4.04. The zero-order valence-corrected chi connectivity index (χ0v) is 13.7. The van der Waals surface area contributed by atoms with Gasteiger partial charge in [0.15, 0.2) is 0 Å². The summed E-state index contributed by atoms with van der Waals surface area (Å²) in [5, 5.41) is 6.43. The second-order valence-corrected chi connectivity index (χ2v) is 7.42. The number of rotatable bonds is 3. The summed E-state index contributed by atoms with van der Waals surface area (Å²) >= 11 is 0. The molecule has 1 amide bonds. The quantitative estimate of drug-likeness (QED) is 0.899. The number of amides is 1. The van der Waals surface area contributed by atoms with Gasteiger partial charge in [0, 0.05) is 50.0 Å². The van der Waals surface area contributed by atoms with Crippen molar-refractivity contribution in [3.05, 3.63) is 18.3 Å². The van der Waals surface area contributed by atoms with Gasteiger partial charge >= 0.3 is 0 Å². The minimum atomic E-state index is 0.168. The van der Waals surface area contributed by atoms with Crippen LogP contribution in [0.5, 0.6) is 0 Å². The van der Waals surface area contributed by atoms with E-state index in [9.17, 15) is 4.79 Å². The lowest BCUT2D eigenvalue weighted by atomic mass is 9.78. The van der Waals surface area contributed by atoms with Crippen molar-refractivity contribution >= 4 is 17.4 Å². The second kappa shape index (κ2) is 6.11. The van der Waals surface area contributed by atoms with Crippen LogP contribution in [0.3, 0.4) is 0 Å². The lowest BCUT2D eigenvalue weighted by Gasteiger charge is -2.30. The second-order valence-electron chi connectivity index (χ2n) is 7.42. The van der Waals surface area contributed by atoms with Gasteiger partial charge in [-0.1, -0.05) is 6.42 Å². The van der Waals surface area contributed by atoms with Crippen LogP contribution in [0.25, 0.3) is 0 Å². The summed E-state index contributed by atoms with van der Waals surface area (Å²) < 4.78 is 0. The number of pyridine rings is 1. The fourth-order valence-electron chi connectivity index (χ4n) is 4.14. The number of carbonyl (C=O) groups is 1. The molecule has 1 spiro atoms. The van der Waals surface area contributed by atoms with Gasteiger partial charge in [0.2, 0.25) is 5.91 Å². The van der Waals surface area contributed by atoms with Crippen molar-refractivity contribution in [3.63, 3.8) is 0 Å². The van der Waals surface area contributed by atoms with E-state index in [1.165, 1.54) is 25.7 Å². The summed E-state index contributed by atoms with van der Waals surface area (Å²) in [4.78, 5) is 19.3. The van der Waals surface area contributed by atoms with E-state index in [0.29, 0.717) is 11.2 Å². The average molecular weight is 314 g/mol. The van der Waals surface area contributed by atoms with Crippen molar-refractivity contribution in [1.29, 1.82) is 0 Å². The number of carbonyl (C=O) groups excluding carboxylic acids is 1. The molecule has 0 unspecified atom stereocenters. The molecular weight excluding hydrogens is 288 g/mol. The number of nitrogens with zero attached hydrogens (tertiary/aromatic N) is 2. The summed E-state index contributed by atoms with van der Waals surface area (Å²) in [6.07, 6.45) is 9.10. The SMILES string of the molecule is O=C(Nc1cc(N2CCNCC2)ccn1)[C@H]1CCCC2(CC2)C1. The van der Waals surface area contributed by atoms with Crippen molar-refractivity contribution in [2.45, 2.75) is 38.5 Å². The van der Waals surface area contributed by atoms with Gasteiger partial charge in [-0.05, 0) is 43.6 Å². The molecule has 0 radical (unpaired) electrons. The van der Waals surface area contributed by atoms with Crippen molar-refractivity contribution in [3.8, 4) is 0 Å². The number of anilines is 2. The number of hydrogen-bond donors (Lipinski definition) is 2. The van der Waals surface area contributed by atoms with E-state index in [4.69, 9.17) is 0 Å². The first-order valence-electron chi connectivity index (χ1n) is 8.97. The minimum Gasteiger partial charge on any atom is -0.369 e. The highest BCUT2D eigenvalue weighted by atomic mass is 16.1. The molecule has 4 rings (SSSR count). The first kappa shape index (κ1) is 14.9. The number of hydrogen-bond acceptors (Lipinski definition) is 4. The van der Waals surface area contributed by atoms with Gasteiger partial charge in [0.25, 0.3) is 0 Å². The van der Waals surface area contributed by atoms with Crippen LogP contribution in [0.1, 0.15) is 38.5 Å². The smallest absolute Gasteiger partial charge is 0.228 e. The molecular formula is C18H26N4O. The maximum Gasteiger partial charge on any atom is 0.228 e. The summed E-state index contributed by atoms with van der Waals surface area (Å²) in [7, 11) is 0. The zero-order valence-electron chi connectivity index (χ0n) is 13.7. The molecule has 23 heavy (non-hydrogen) atoms. The predicted molar refractivity (Wildman–Crippen MR) is 91.6 cm³/mol. The molecule has 1 aromatic heterocycles. The van der Waals surface area contributed by atoms with Gasteiger partial charge in [0.1, 0.15) is 5.82 Å². The Morgan fingerprint density at radius 3 is 2.91 bits per heavy atom. The van der Waals surface area contributed by atoms with Crippen molar-refractivity contribution in [1.82, 2.24) is 10.3 Å². The summed E-state index contributed by atoms with van der Waals surface area (Å²) in [5.74, 6) is 1.04. The number of nitrogens with one attached hydrogen (secondary N) is 2. The molecule has 1 aromatic rings. The molecule has 1 saturated heterocycles. The van der Waals surface area contributed by atoms with Crippen LogP contribution in [0.15, 0.2) is 18.3 Å². The molecule has 1 atom stereocenters. The maximum atomic E-state index is 12.6. The zero-order chi connectivity index (χ0) is 15.7. The lowest BCUT2D eigenvalue weighted by Crippen LogP contribution is -2.43. The van der Waals surface area contributed by atoms with Gasteiger partial charge in [-0.3, -0.25) is 4.79 Å². The van der Waals surface area contributed by atoms with Crippen molar-refractivity contribution in [2.75, 3.05) is 36.4 Å². The molecule has 2 aliphatic carbocycles. The van der Waals surface area contributed by atoms with E-state index in [-0.39, 0.29) is 11.8 Å². The summed E-state index contributed by atoms with van der Waals surface area (Å²) in [6.45, 7) is 4.02. The van der Waals surface area contributed by atoms with Crippen LogP contribution in [0.4, 0.5) is 11.5 Å². The predicted octanol–water partition coefficient (Wildman–Crippen LogP) is 2.40. The van der Waals surface area contributed by atoms with Crippen LogP contribution in [0, 0.1) is 11.3 Å². The van der Waals surface area contributed by atoms with Gasteiger partial charge in [-0.2, -0.15) is 0 Å². The minimum absolute atomic E-state index is 0.168. The Labute approximate surface area is 137 Å². The standard InChI is InChI=1S/C18H26N4O/c23-17(14-2-1-4-18(13-14)5-6-18)21-16-12-15(3-7-20-16)22-10-8-19-9-11-22/h3,7,12,14,19H,1-2,4-6,8-11,13H2,(H,20,21,23)/t14-/m0/s1. The van der Waals surface area contributed by atoms with E-state index in [0.717, 1.165) is 44.7 Å². The molecule has 124 valence electrons. The third-order valence-corrected chi connectivity index (χ3v) is 5.74. The van der Waals surface area contributed by atoms with E-state index in [2.05, 4.69) is 20.5 Å². The third kappa shape index (κ3) is 3.34. The Morgan fingerprint density at radius 2 is 2.13 bits per heavy atom. The van der Waals surface area contributed by atoms with Gasteiger partial charge < -0.3 is 15.5 Å². The topological polar surface area (TPSA) is 57.3 Å². The fourth-order valence-corrected chi connectivity index (χ4v) is 4.14. The van der Waals surface area contributed by atoms with Gasteiger partial charge in [-0.15, -0.1) is 0 Å². The Bertz CT molecular complexity index is 578.